The Labute approximate surface area is 251 Å². The minimum Gasteiger partial charge on any atom is -0.0616 e. The number of hydrogen-bond donors (Lipinski definition) is 0. The summed E-state index contributed by atoms with van der Waals surface area (Å²) in [5.74, 6) is 0. The van der Waals surface area contributed by atoms with Crippen LogP contribution in [0.5, 0.6) is 0 Å². The first-order valence-corrected chi connectivity index (χ1v) is 15.2. The van der Waals surface area contributed by atoms with Gasteiger partial charge >= 0.3 is 0 Å². The van der Waals surface area contributed by atoms with Gasteiger partial charge < -0.3 is 0 Å². The highest BCUT2D eigenvalue weighted by Crippen LogP contribution is 2.51. The summed E-state index contributed by atoms with van der Waals surface area (Å²) in [5.41, 5.74) is 10.5. The van der Waals surface area contributed by atoms with Crippen LogP contribution in [-0.2, 0) is 5.41 Å². The first-order valence-electron chi connectivity index (χ1n) is 15.2. The molecular formula is C43H30. The second-order valence-corrected chi connectivity index (χ2v) is 12.6. The maximum absolute atomic E-state index is 2.44. The average Bonchev–Trinajstić information content (AvgIpc) is 3.29. The van der Waals surface area contributed by atoms with Gasteiger partial charge in [-0.25, -0.2) is 0 Å². The molecule has 0 heterocycles. The summed E-state index contributed by atoms with van der Waals surface area (Å²) in [6, 6.07) is 54.3. The van der Waals surface area contributed by atoms with E-state index in [2.05, 4.69) is 159 Å². The second-order valence-electron chi connectivity index (χ2n) is 12.6. The zero-order valence-corrected chi connectivity index (χ0v) is 24.4. The Hall–Kier alpha value is -5.20. The molecule has 0 saturated heterocycles. The molecule has 0 spiro atoms. The summed E-state index contributed by atoms with van der Waals surface area (Å²) in [7, 11) is 0. The van der Waals surface area contributed by atoms with E-state index in [1.807, 2.05) is 0 Å². The molecule has 0 saturated carbocycles. The third-order valence-corrected chi connectivity index (χ3v) is 9.82. The fourth-order valence-corrected chi connectivity index (χ4v) is 7.47. The van der Waals surface area contributed by atoms with Crippen molar-refractivity contribution in [1.29, 1.82) is 0 Å². The van der Waals surface area contributed by atoms with E-state index in [-0.39, 0.29) is 5.41 Å². The lowest BCUT2D eigenvalue weighted by molar-refractivity contribution is 0.661. The van der Waals surface area contributed by atoms with Gasteiger partial charge in [0.1, 0.15) is 0 Å². The predicted molar refractivity (Wildman–Crippen MR) is 185 cm³/mol. The number of fused-ring (bicyclic) bond motifs is 9. The van der Waals surface area contributed by atoms with Crippen LogP contribution in [0.15, 0.2) is 146 Å². The lowest BCUT2D eigenvalue weighted by Gasteiger charge is -2.23. The summed E-state index contributed by atoms with van der Waals surface area (Å²) in [4.78, 5) is 0. The number of benzene rings is 8. The van der Waals surface area contributed by atoms with E-state index in [4.69, 9.17) is 0 Å². The van der Waals surface area contributed by atoms with Crippen LogP contribution in [0.2, 0.25) is 0 Å². The molecule has 0 atom stereocenters. The maximum Gasteiger partial charge on any atom is 0.0159 e. The Morgan fingerprint density at radius 3 is 1.51 bits per heavy atom. The molecule has 0 aromatic heterocycles. The first-order chi connectivity index (χ1) is 21.0. The third-order valence-electron chi connectivity index (χ3n) is 9.82. The van der Waals surface area contributed by atoms with Crippen LogP contribution >= 0.6 is 0 Å². The quantitative estimate of drug-likeness (QED) is 0.189. The minimum absolute atomic E-state index is 0.0900. The van der Waals surface area contributed by atoms with Crippen molar-refractivity contribution in [2.75, 3.05) is 0 Å². The topological polar surface area (TPSA) is 0 Å². The molecule has 0 fully saturated rings. The Bertz CT molecular complexity index is 2420. The van der Waals surface area contributed by atoms with Crippen molar-refractivity contribution in [2.45, 2.75) is 19.3 Å². The molecule has 0 N–H and O–H groups in total. The fraction of sp³-hybridized carbons (Fsp3) is 0.0698. The molecule has 9 rings (SSSR count). The van der Waals surface area contributed by atoms with Crippen LogP contribution in [0, 0.1) is 0 Å². The molecular weight excluding hydrogens is 516 g/mol. The van der Waals surface area contributed by atoms with Crippen LogP contribution in [-0.4, -0.2) is 0 Å². The maximum atomic E-state index is 2.44. The Balaban J connectivity index is 1.17. The zero-order chi connectivity index (χ0) is 28.7. The SMILES string of the molecule is CC1(C)c2cc(-c3ccc4ccccc4c3)ccc2-c2ccc(-c3ccc4ccc5ccc6ccccc6c5c4c3)cc21. The lowest BCUT2D eigenvalue weighted by atomic mass is 9.80. The predicted octanol–water partition coefficient (Wildman–Crippen LogP) is 11.9. The molecule has 0 aliphatic heterocycles. The Morgan fingerprint density at radius 1 is 0.349 bits per heavy atom. The van der Waals surface area contributed by atoms with E-state index < -0.39 is 0 Å². The van der Waals surface area contributed by atoms with Gasteiger partial charge in [-0.2, -0.15) is 0 Å². The molecule has 0 bridgehead atoms. The molecule has 202 valence electrons. The van der Waals surface area contributed by atoms with E-state index in [9.17, 15) is 0 Å². The summed E-state index contributed by atoms with van der Waals surface area (Å²) in [5, 5.41) is 10.4. The van der Waals surface area contributed by atoms with Crippen molar-refractivity contribution in [1.82, 2.24) is 0 Å². The van der Waals surface area contributed by atoms with Gasteiger partial charge in [-0.1, -0.05) is 135 Å². The van der Waals surface area contributed by atoms with Crippen molar-refractivity contribution in [3.8, 4) is 33.4 Å². The zero-order valence-electron chi connectivity index (χ0n) is 24.4. The minimum atomic E-state index is -0.0900. The normalized spacial score (nSPS) is 13.5. The van der Waals surface area contributed by atoms with E-state index in [0.717, 1.165) is 0 Å². The smallest absolute Gasteiger partial charge is 0.0159 e. The van der Waals surface area contributed by atoms with Gasteiger partial charge in [-0.05, 0) is 112 Å². The second kappa shape index (κ2) is 8.90. The molecule has 8 aromatic rings. The van der Waals surface area contributed by atoms with Crippen LogP contribution in [0.4, 0.5) is 0 Å². The Morgan fingerprint density at radius 2 is 0.814 bits per heavy atom. The molecule has 0 unspecified atom stereocenters. The van der Waals surface area contributed by atoms with Gasteiger partial charge in [0.25, 0.3) is 0 Å². The van der Waals surface area contributed by atoms with Crippen LogP contribution in [0.25, 0.3) is 76.5 Å². The Kier molecular flexibility index (Phi) is 5.05. The third kappa shape index (κ3) is 3.63. The van der Waals surface area contributed by atoms with E-state index in [1.165, 1.54) is 87.6 Å². The van der Waals surface area contributed by atoms with Crippen LogP contribution in [0.1, 0.15) is 25.0 Å². The van der Waals surface area contributed by atoms with Crippen molar-refractivity contribution in [3.05, 3.63) is 157 Å². The number of rotatable bonds is 2. The van der Waals surface area contributed by atoms with Gasteiger partial charge in [0, 0.05) is 5.41 Å². The molecule has 8 aromatic carbocycles. The molecule has 43 heavy (non-hydrogen) atoms. The lowest BCUT2D eigenvalue weighted by Crippen LogP contribution is -2.15. The largest absolute Gasteiger partial charge is 0.0616 e. The highest BCUT2D eigenvalue weighted by molar-refractivity contribution is 6.20. The van der Waals surface area contributed by atoms with E-state index >= 15 is 0 Å². The molecule has 0 amide bonds. The van der Waals surface area contributed by atoms with Crippen molar-refractivity contribution >= 4 is 43.1 Å². The van der Waals surface area contributed by atoms with E-state index in [1.54, 1.807) is 0 Å². The summed E-state index contributed by atoms with van der Waals surface area (Å²) in [6.07, 6.45) is 0. The van der Waals surface area contributed by atoms with Crippen molar-refractivity contribution in [3.63, 3.8) is 0 Å². The molecule has 1 aliphatic carbocycles. The van der Waals surface area contributed by atoms with Crippen LogP contribution in [0.3, 0.4) is 0 Å². The van der Waals surface area contributed by atoms with Gasteiger partial charge in [0.05, 0.1) is 0 Å². The van der Waals surface area contributed by atoms with Crippen molar-refractivity contribution in [2.24, 2.45) is 0 Å². The van der Waals surface area contributed by atoms with Crippen LogP contribution < -0.4 is 0 Å². The number of hydrogen-bond acceptors (Lipinski definition) is 0. The van der Waals surface area contributed by atoms with Crippen molar-refractivity contribution < 1.29 is 0 Å². The first kappa shape index (κ1) is 24.4. The molecule has 0 nitrogen and oxygen atoms in total. The molecule has 0 heteroatoms. The fourth-order valence-electron chi connectivity index (χ4n) is 7.47. The van der Waals surface area contributed by atoms with E-state index in [0.29, 0.717) is 0 Å². The summed E-state index contributed by atoms with van der Waals surface area (Å²) in [6.45, 7) is 4.76. The summed E-state index contributed by atoms with van der Waals surface area (Å²) >= 11 is 0. The van der Waals surface area contributed by atoms with Gasteiger partial charge in [-0.3, -0.25) is 0 Å². The summed E-state index contributed by atoms with van der Waals surface area (Å²) < 4.78 is 0. The van der Waals surface area contributed by atoms with Gasteiger partial charge in [0.15, 0.2) is 0 Å². The standard InChI is InChI=1S/C43H30/c1-43(2)40-25-34(32-17-11-27-7-3-4-9-31(27)23-32)19-21-37(40)38-22-20-35(26-41(38)43)33-18-14-29-13-16-30-15-12-28-8-5-6-10-36(28)42(30)39(29)24-33/h3-26H,1-2H3. The van der Waals surface area contributed by atoms with Gasteiger partial charge in [-0.15, -0.1) is 0 Å². The highest BCUT2D eigenvalue weighted by Gasteiger charge is 2.35. The average molecular weight is 547 g/mol. The monoisotopic (exact) mass is 546 g/mol. The van der Waals surface area contributed by atoms with Gasteiger partial charge in [0.2, 0.25) is 0 Å². The highest BCUT2D eigenvalue weighted by atomic mass is 14.4. The molecule has 1 aliphatic rings. The molecule has 0 radical (unpaired) electrons.